The fourth-order valence-corrected chi connectivity index (χ4v) is 2.02. The van der Waals surface area contributed by atoms with Crippen molar-refractivity contribution in [2.75, 3.05) is 0 Å². The molecule has 100 valence electrons. The minimum atomic E-state index is -4.48. The van der Waals surface area contributed by atoms with Crippen molar-refractivity contribution in [2.24, 2.45) is 0 Å². The van der Waals surface area contributed by atoms with Crippen molar-refractivity contribution in [1.82, 2.24) is 20.4 Å². The van der Waals surface area contributed by atoms with E-state index in [4.69, 9.17) is 5.26 Å². The fourth-order valence-electron chi connectivity index (χ4n) is 2.02. The molecule has 3 rings (SSSR count). The second-order valence-electron chi connectivity index (χ2n) is 4.11. The van der Waals surface area contributed by atoms with E-state index in [-0.39, 0.29) is 16.8 Å². The van der Waals surface area contributed by atoms with Gasteiger partial charge in [-0.3, -0.25) is 10.2 Å². The Labute approximate surface area is 110 Å². The molecule has 0 aliphatic carbocycles. The highest BCUT2D eigenvalue weighted by Crippen LogP contribution is 2.37. The minimum Gasteiger partial charge on any atom is -0.284 e. The van der Waals surface area contributed by atoms with Crippen LogP contribution in [0.5, 0.6) is 0 Å². The summed E-state index contributed by atoms with van der Waals surface area (Å²) in [5, 5.41) is 21.9. The molecule has 2 heterocycles. The number of halogens is 3. The Bertz CT molecular complexity index is 822. The van der Waals surface area contributed by atoms with E-state index < -0.39 is 11.7 Å². The highest BCUT2D eigenvalue weighted by Gasteiger charge is 2.32. The molecule has 3 aromatic rings. The van der Waals surface area contributed by atoms with E-state index in [1.54, 1.807) is 0 Å². The predicted octanol–water partition coefficient (Wildman–Crippen LogP) is 2.84. The number of rotatable bonds is 1. The molecule has 0 spiro atoms. The summed E-state index contributed by atoms with van der Waals surface area (Å²) in [4.78, 5) is 0. The zero-order valence-electron chi connectivity index (χ0n) is 9.78. The van der Waals surface area contributed by atoms with Gasteiger partial charge in [-0.25, -0.2) is 0 Å². The van der Waals surface area contributed by atoms with Crippen molar-refractivity contribution in [3.63, 3.8) is 0 Å². The van der Waals surface area contributed by atoms with Gasteiger partial charge in [-0.1, -0.05) is 0 Å². The van der Waals surface area contributed by atoms with Crippen LogP contribution in [0.3, 0.4) is 0 Å². The Balaban J connectivity index is 2.35. The summed E-state index contributed by atoms with van der Waals surface area (Å²) in [6.45, 7) is 0. The van der Waals surface area contributed by atoms with Gasteiger partial charge in [0.05, 0.1) is 17.3 Å². The fraction of sp³-hybridized carbons (Fsp3) is 0.0833. The monoisotopic (exact) mass is 277 g/mol. The summed E-state index contributed by atoms with van der Waals surface area (Å²) in [6, 6.07) is 3.81. The first-order chi connectivity index (χ1) is 9.50. The van der Waals surface area contributed by atoms with Gasteiger partial charge in [-0.2, -0.15) is 28.6 Å². The average Bonchev–Trinajstić information content (AvgIpc) is 3.04. The number of nitriles is 1. The summed E-state index contributed by atoms with van der Waals surface area (Å²) in [7, 11) is 0. The molecular formula is C12H6F3N5. The molecule has 2 aromatic heterocycles. The summed E-state index contributed by atoms with van der Waals surface area (Å²) < 4.78 is 38.7. The number of hydrogen-bond donors (Lipinski definition) is 2. The Morgan fingerprint density at radius 1 is 1.20 bits per heavy atom. The molecule has 0 aliphatic heterocycles. The highest BCUT2D eigenvalue weighted by molar-refractivity contribution is 5.95. The van der Waals surface area contributed by atoms with Gasteiger partial charge in [0, 0.05) is 17.1 Å². The van der Waals surface area contributed by atoms with Crippen LogP contribution in [0.25, 0.3) is 22.0 Å². The summed E-state index contributed by atoms with van der Waals surface area (Å²) >= 11 is 0. The molecule has 8 heteroatoms. The molecule has 20 heavy (non-hydrogen) atoms. The third kappa shape index (κ3) is 1.80. The van der Waals surface area contributed by atoms with Crippen molar-refractivity contribution in [1.29, 1.82) is 5.26 Å². The number of fused-ring (bicyclic) bond motifs is 1. The van der Waals surface area contributed by atoms with Crippen molar-refractivity contribution in [3.05, 3.63) is 35.8 Å². The van der Waals surface area contributed by atoms with Crippen LogP contribution >= 0.6 is 0 Å². The quantitative estimate of drug-likeness (QED) is 0.717. The zero-order chi connectivity index (χ0) is 14.3. The standard InChI is InChI=1S/C12H6F3N5/c13-12(14,15)6-1-7(8-4-17-19-10(8)2-6)9-5-18-20-11(9)3-16/h1-2,4-5H,(H,17,19)(H,18,20). The normalized spacial score (nSPS) is 11.7. The first kappa shape index (κ1) is 12.2. The number of benzene rings is 1. The van der Waals surface area contributed by atoms with Gasteiger partial charge in [0.1, 0.15) is 6.07 Å². The molecule has 0 amide bonds. The van der Waals surface area contributed by atoms with Crippen LogP contribution in [0.15, 0.2) is 24.5 Å². The number of nitrogens with one attached hydrogen (secondary N) is 2. The number of nitrogens with zero attached hydrogens (tertiary/aromatic N) is 3. The van der Waals surface area contributed by atoms with Crippen molar-refractivity contribution < 1.29 is 13.2 Å². The van der Waals surface area contributed by atoms with E-state index in [1.165, 1.54) is 12.4 Å². The molecule has 0 radical (unpaired) electrons. The topological polar surface area (TPSA) is 81.1 Å². The average molecular weight is 277 g/mol. The van der Waals surface area contributed by atoms with E-state index in [2.05, 4.69) is 20.4 Å². The Morgan fingerprint density at radius 2 is 2.00 bits per heavy atom. The smallest absolute Gasteiger partial charge is 0.284 e. The van der Waals surface area contributed by atoms with Gasteiger partial charge < -0.3 is 0 Å². The largest absolute Gasteiger partial charge is 0.416 e. The van der Waals surface area contributed by atoms with Gasteiger partial charge >= 0.3 is 6.18 Å². The van der Waals surface area contributed by atoms with E-state index >= 15 is 0 Å². The lowest BCUT2D eigenvalue weighted by Crippen LogP contribution is -2.05. The molecule has 0 atom stereocenters. The van der Waals surface area contributed by atoms with E-state index in [0.717, 1.165) is 12.1 Å². The third-order valence-corrected chi connectivity index (χ3v) is 2.92. The lowest BCUT2D eigenvalue weighted by atomic mass is 9.99. The molecule has 0 bridgehead atoms. The van der Waals surface area contributed by atoms with Crippen LogP contribution in [0, 0.1) is 11.3 Å². The van der Waals surface area contributed by atoms with Crippen LogP contribution in [-0.2, 0) is 6.18 Å². The number of hydrogen-bond acceptors (Lipinski definition) is 3. The van der Waals surface area contributed by atoms with Crippen LogP contribution < -0.4 is 0 Å². The number of alkyl halides is 3. The van der Waals surface area contributed by atoms with Crippen molar-refractivity contribution >= 4 is 10.9 Å². The van der Waals surface area contributed by atoms with Crippen LogP contribution in [-0.4, -0.2) is 20.4 Å². The molecule has 0 aliphatic rings. The number of aromatic nitrogens is 4. The molecular weight excluding hydrogens is 271 g/mol. The lowest BCUT2D eigenvalue weighted by Gasteiger charge is -2.09. The lowest BCUT2D eigenvalue weighted by molar-refractivity contribution is -0.137. The van der Waals surface area contributed by atoms with Gasteiger partial charge in [-0.05, 0) is 17.7 Å². The first-order valence-corrected chi connectivity index (χ1v) is 5.49. The highest BCUT2D eigenvalue weighted by atomic mass is 19.4. The van der Waals surface area contributed by atoms with Gasteiger partial charge in [0.25, 0.3) is 0 Å². The van der Waals surface area contributed by atoms with Gasteiger partial charge in [-0.15, -0.1) is 0 Å². The molecule has 0 unspecified atom stereocenters. The van der Waals surface area contributed by atoms with Gasteiger partial charge in [0.2, 0.25) is 0 Å². The van der Waals surface area contributed by atoms with Crippen LogP contribution in [0.2, 0.25) is 0 Å². The molecule has 0 saturated carbocycles. The molecule has 0 fully saturated rings. The van der Waals surface area contributed by atoms with E-state index in [9.17, 15) is 13.2 Å². The first-order valence-electron chi connectivity index (χ1n) is 5.49. The second kappa shape index (κ2) is 4.09. The summed E-state index contributed by atoms with van der Waals surface area (Å²) in [5.74, 6) is 0. The minimum absolute atomic E-state index is 0.0341. The molecule has 1 aromatic carbocycles. The Morgan fingerprint density at radius 3 is 2.70 bits per heavy atom. The zero-order valence-corrected chi connectivity index (χ0v) is 9.78. The van der Waals surface area contributed by atoms with Crippen LogP contribution in [0.1, 0.15) is 11.3 Å². The number of aromatic amines is 2. The third-order valence-electron chi connectivity index (χ3n) is 2.92. The second-order valence-corrected chi connectivity index (χ2v) is 4.11. The van der Waals surface area contributed by atoms with Crippen LogP contribution in [0.4, 0.5) is 13.2 Å². The predicted molar refractivity (Wildman–Crippen MR) is 63.4 cm³/mol. The SMILES string of the molecule is N#Cc1n[nH]cc1-c1cc(C(F)(F)F)cc2[nH]ncc12. The van der Waals surface area contributed by atoms with E-state index in [1.807, 2.05) is 6.07 Å². The molecule has 5 nitrogen and oxygen atoms in total. The van der Waals surface area contributed by atoms with Crippen molar-refractivity contribution in [3.8, 4) is 17.2 Å². The van der Waals surface area contributed by atoms with E-state index in [0.29, 0.717) is 10.9 Å². The maximum absolute atomic E-state index is 12.9. The maximum atomic E-state index is 12.9. The van der Waals surface area contributed by atoms with Gasteiger partial charge in [0.15, 0.2) is 5.69 Å². The Kier molecular flexibility index (Phi) is 2.50. The summed E-state index contributed by atoms with van der Waals surface area (Å²) in [6.07, 6.45) is -1.68. The number of H-pyrrole nitrogens is 2. The summed E-state index contributed by atoms with van der Waals surface area (Å²) in [5.41, 5.74) is 0.0416. The molecule has 2 N–H and O–H groups in total. The molecule has 0 saturated heterocycles. The maximum Gasteiger partial charge on any atom is 0.416 e. The van der Waals surface area contributed by atoms with Crippen molar-refractivity contribution in [2.45, 2.75) is 6.18 Å². The Hall–Kier alpha value is -2.82.